The summed E-state index contributed by atoms with van der Waals surface area (Å²) in [5, 5.41) is 19.9. The van der Waals surface area contributed by atoms with Gasteiger partial charge in [-0.05, 0) is 25.0 Å². The molecule has 1 heterocycles. The number of rotatable bonds is 2. The lowest BCUT2D eigenvalue weighted by molar-refractivity contribution is 0.400. The zero-order valence-electron chi connectivity index (χ0n) is 9.74. The smallest absolute Gasteiger partial charge is 0.203 e. The lowest BCUT2D eigenvalue weighted by Gasteiger charge is -2.13. The van der Waals surface area contributed by atoms with Crippen molar-refractivity contribution < 1.29 is 10.2 Å². The van der Waals surface area contributed by atoms with Gasteiger partial charge in [-0.1, -0.05) is 18.2 Å². The van der Waals surface area contributed by atoms with E-state index in [4.69, 9.17) is 11.6 Å². The zero-order chi connectivity index (χ0) is 12.6. The van der Waals surface area contributed by atoms with Gasteiger partial charge in [0.2, 0.25) is 5.88 Å². The van der Waals surface area contributed by atoms with Gasteiger partial charge in [0.05, 0.1) is 11.6 Å². The Bertz CT molecular complexity index is 541. The van der Waals surface area contributed by atoms with E-state index in [0.717, 1.165) is 16.8 Å². The van der Waals surface area contributed by atoms with E-state index in [1.165, 1.54) is 10.6 Å². The van der Waals surface area contributed by atoms with Crippen LogP contribution in [0.25, 0.3) is 5.69 Å². The summed E-state index contributed by atoms with van der Waals surface area (Å²) in [5.74, 6) is 0.155. The van der Waals surface area contributed by atoms with Crippen LogP contribution >= 0.6 is 11.6 Å². The first-order valence-corrected chi connectivity index (χ1v) is 5.84. The summed E-state index contributed by atoms with van der Waals surface area (Å²) < 4.78 is 1.42. The van der Waals surface area contributed by atoms with Crippen molar-refractivity contribution >= 4 is 11.6 Å². The average molecular weight is 252 g/mol. The van der Waals surface area contributed by atoms with Gasteiger partial charge in [0, 0.05) is 11.6 Å². The molecule has 2 rings (SSSR count). The van der Waals surface area contributed by atoms with Crippen molar-refractivity contribution in [3.8, 4) is 17.4 Å². The molecule has 0 aliphatic rings. The standard InChI is InChI=1S/C13H14ClNO2/c1-8-4-3-5-9(2)12(8)15-11(16)6-10(7-14)13(15)17/h3-6,16-17H,7H2,1-2H3. The summed E-state index contributed by atoms with van der Waals surface area (Å²) in [6, 6.07) is 7.28. The number of nitrogens with zero attached hydrogens (tertiary/aromatic N) is 1. The SMILES string of the molecule is Cc1cccc(C)c1-n1c(O)cc(CCl)c1O. The van der Waals surface area contributed by atoms with Crippen LogP contribution in [0, 0.1) is 13.8 Å². The normalized spacial score (nSPS) is 10.8. The zero-order valence-corrected chi connectivity index (χ0v) is 10.5. The molecule has 2 aromatic rings. The molecule has 0 atom stereocenters. The Hall–Kier alpha value is -1.61. The Morgan fingerprint density at radius 3 is 2.24 bits per heavy atom. The molecule has 2 N–H and O–H groups in total. The molecule has 0 radical (unpaired) electrons. The number of aromatic hydroxyl groups is 2. The van der Waals surface area contributed by atoms with Crippen LogP contribution < -0.4 is 0 Å². The van der Waals surface area contributed by atoms with Crippen LogP contribution in [-0.2, 0) is 5.88 Å². The summed E-state index contributed by atoms with van der Waals surface area (Å²) in [4.78, 5) is 0. The molecule has 1 aromatic heterocycles. The minimum absolute atomic E-state index is 0.00412. The van der Waals surface area contributed by atoms with Gasteiger partial charge in [-0.3, -0.25) is 4.57 Å². The van der Waals surface area contributed by atoms with Crippen LogP contribution in [0.1, 0.15) is 16.7 Å². The number of aryl methyl sites for hydroxylation is 2. The first-order valence-electron chi connectivity index (χ1n) is 5.31. The predicted octanol–water partition coefficient (Wildman–Crippen LogP) is 3.24. The summed E-state index contributed by atoms with van der Waals surface area (Å²) >= 11 is 5.70. The highest BCUT2D eigenvalue weighted by Crippen LogP contribution is 2.34. The number of hydrogen-bond donors (Lipinski definition) is 2. The number of hydrogen-bond acceptors (Lipinski definition) is 2. The fraction of sp³-hybridized carbons (Fsp3) is 0.231. The van der Waals surface area contributed by atoms with Gasteiger partial charge < -0.3 is 10.2 Å². The van der Waals surface area contributed by atoms with E-state index < -0.39 is 0 Å². The number of halogens is 1. The number of alkyl halides is 1. The average Bonchev–Trinajstić information content (AvgIpc) is 2.56. The van der Waals surface area contributed by atoms with Crippen LogP contribution in [0.4, 0.5) is 0 Å². The van der Waals surface area contributed by atoms with Crippen LogP contribution in [0.3, 0.4) is 0 Å². The molecular weight excluding hydrogens is 238 g/mol. The van der Waals surface area contributed by atoms with Crippen LogP contribution in [0.15, 0.2) is 24.3 Å². The van der Waals surface area contributed by atoms with E-state index >= 15 is 0 Å². The highest BCUT2D eigenvalue weighted by Gasteiger charge is 2.17. The third kappa shape index (κ3) is 1.87. The Morgan fingerprint density at radius 1 is 1.18 bits per heavy atom. The highest BCUT2D eigenvalue weighted by molar-refractivity contribution is 6.17. The predicted molar refractivity (Wildman–Crippen MR) is 68.1 cm³/mol. The molecule has 0 unspecified atom stereocenters. The van der Waals surface area contributed by atoms with Gasteiger partial charge in [-0.25, -0.2) is 0 Å². The number of aromatic nitrogens is 1. The second-order valence-electron chi connectivity index (χ2n) is 4.06. The van der Waals surface area contributed by atoms with Crippen LogP contribution in [-0.4, -0.2) is 14.8 Å². The molecule has 1 aromatic carbocycles. The second kappa shape index (κ2) is 4.34. The summed E-state index contributed by atoms with van der Waals surface area (Å²) in [6.45, 7) is 3.86. The molecule has 0 spiro atoms. The highest BCUT2D eigenvalue weighted by atomic mass is 35.5. The molecular formula is C13H14ClNO2. The first kappa shape index (κ1) is 11.9. The van der Waals surface area contributed by atoms with Gasteiger partial charge in [0.25, 0.3) is 0 Å². The van der Waals surface area contributed by atoms with Crippen LogP contribution in [0.2, 0.25) is 0 Å². The van der Waals surface area contributed by atoms with E-state index in [0.29, 0.717) is 5.56 Å². The van der Waals surface area contributed by atoms with Crippen molar-refractivity contribution in [2.75, 3.05) is 0 Å². The van der Waals surface area contributed by atoms with Crippen molar-refractivity contribution in [1.82, 2.24) is 4.57 Å². The van der Waals surface area contributed by atoms with Crippen molar-refractivity contribution in [2.45, 2.75) is 19.7 Å². The van der Waals surface area contributed by atoms with E-state index in [-0.39, 0.29) is 17.6 Å². The Kier molecular flexibility index (Phi) is 3.03. The fourth-order valence-electron chi connectivity index (χ4n) is 2.01. The van der Waals surface area contributed by atoms with Gasteiger partial charge in [0.15, 0.2) is 5.88 Å². The maximum atomic E-state index is 10.0. The molecule has 0 saturated heterocycles. The van der Waals surface area contributed by atoms with Gasteiger partial charge in [-0.2, -0.15) is 0 Å². The molecule has 17 heavy (non-hydrogen) atoms. The number of benzene rings is 1. The van der Waals surface area contributed by atoms with E-state index in [9.17, 15) is 10.2 Å². The lowest BCUT2D eigenvalue weighted by Crippen LogP contribution is -1.99. The molecule has 4 heteroatoms. The summed E-state index contributed by atoms with van der Waals surface area (Å²) in [6.07, 6.45) is 0. The first-order chi connectivity index (χ1) is 8.06. The molecule has 0 aliphatic carbocycles. The molecule has 90 valence electrons. The summed E-state index contributed by atoms with van der Waals surface area (Å²) in [7, 11) is 0. The Labute approximate surface area is 105 Å². The maximum Gasteiger partial charge on any atom is 0.203 e. The lowest BCUT2D eigenvalue weighted by atomic mass is 10.1. The number of para-hydroxylation sites is 1. The molecule has 3 nitrogen and oxygen atoms in total. The van der Waals surface area contributed by atoms with Gasteiger partial charge in [0.1, 0.15) is 0 Å². The third-order valence-corrected chi connectivity index (χ3v) is 3.13. The molecule has 0 amide bonds. The van der Waals surface area contributed by atoms with Crippen molar-refractivity contribution in [3.05, 3.63) is 41.0 Å². The van der Waals surface area contributed by atoms with Crippen LogP contribution in [0.5, 0.6) is 11.8 Å². The molecule has 0 bridgehead atoms. The van der Waals surface area contributed by atoms with Gasteiger partial charge >= 0.3 is 0 Å². The Balaban J connectivity index is 2.73. The second-order valence-corrected chi connectivity index (χ2v) is 4.33. The fourth-order valence-corrected chi connectivity index (χ4v) is 2.21. The monoisotopic (exact) mass is 251 g/mol. The molecule has 0 aliphatic heterocycles. The topological polar surface area (TPSA) is 45.4 Å². The minimum atomic E-state index is -0.00472. The quantitative estimate of drug-likeness (QED) is 0.805. The maximum absolute atomic E-state index is 10.0. The summed E-state index contributed by atoms with van der Waals surface area (Å²) in [5.41, 5.74) is 3.27. The minimum Gasteiger partial charge on any atom is -0.494 e. The van der Waals surface area contributed by atoms with E-state index in [1.807, 2.05) is 32.0 Å². The van der Waals surface area contributed by atoms with Crippen molar-refractivity contribution in [2.24, 2.45) is 0 Å². The Morgan fingerprint density at radius 2 is 1.76 bits per heavy atom. The largest absolute Gasteiger partial charge is 0.494 e. The van der Waals surface area contributed by atoms with E-state index in [1.54, 1.807) is 0 Å². The molecule has 0 saturated carbocycles. The van der Waals surface area contributed by atoms with E-state index in [2.05, 4.69) is 0 Å². The van der Waals surface area contributed by atoms with Gasteiger partial charge in [-0.15, -0.1) is 11.6 Å². The third-order valence-electron chi connectivity index (χ3n) is 2.84. The molecule has 0 fully saturated rings. The van der Waals surface area contributed by atoms with Crippen molar-refractivity contribution in [1.29, 1.82) is 0 Å². The van der Waals surface area contributed by atoms with Crippen molar-refractivity contribution in [3.63, 3.8) is 0 Å².